The number of benzene rings is 2. The Balaban J connectivity index is 2.19. The van der Waals surface area contributed by atoms with Crippen molar-refractivity contribution < 1.29 is 19.0 Å². The molecule has 2 aromatic rings. The molecular weight excluding hydrogens is 271 g/mol. The van der Waals surface area contributed by atoms with Gasteiger partial charge >= 0.3 is 5.97 Å². The van der Waals surface area contributed by atoms with E-state index in [1.165, 1.54) is 12.1 Å². The average Bonchev–Trinajstić information content (AvgIpc) is 2.46. The zero-order chi connectivity index (χ0) is 15.2. The van der Waals surface area contributed by atoms with Crippen molar-refractivity contribution in [3.8, 4) is 5.75 Å². The summed E-state index contributed by atoms with van der Waals surface area (Å²) in [7, 11) is 0. The number of aromatic carboxylic acids is 1. The van der Waals surface area contributed by atoms with Gasteiger partial charge in [-0.3, -0.25) is 0 Å². The van der Waals surface area contributed by atoms with Crippen molar-refractivity contribution in [1.82, 2.24) is 0 Å². The Labute approximate surface area is 122 Å². The van der Waals surface area contributed by atoms with E-state index in [0.29, 0.717) is 11.3 Å². The van der Waals surface area contributed by atoms with E-state index in [2.05, 4.69) is 0 Å². The van der Waals surface area contributed by atoms with E-state index in [1.807, 2.05) is 43.3 Å². The van der Waals surface area contributed by atoms with Gasteiger partial charge in [0.1, 0.15) is 18.2 Å². The maximum atomic E-state index is 13.4. The lowest BCUT2D eigenvalue weighted by Crippen LogP contribution is -2.02. The quantitative estimate of drug-likeness (QED) is 0.898. The zero-order valence-electron chi connectivity index (χ0n) is 11.5. The van der Waals surface area contributed by atoms with Crippen LogP contribution in [0.2, 0.25) is 0 Å². The molecule has 0 aromatic heterocycles. The van der Waals surface area contributed by atoms with E-state index < -0.39 is 11.8 Å². The first-order chi connectivity index (χ1) is 10.1. The minimum Gasteiger partial charge on any atom is -0.488 e. The van der Waals surface area contributed by atoms with Gasteiger partial charge in [-0.05, 0) is 36.8 Å². The predicted octanol–water partition coefficient (Wildman–Crippen LogP) is 4.14. The largest absolute Gasteiger partial charge is 0.488 e. The van der Waals surface area contributed by atoms with Crippen LogP contribution in [0, 0.1) is 5.82 Å². The van der Waals surface area contributed by atoms with E-state index >= 15 is 0 Å². The SMILES string of the molecule is C/C=C/c1ccccc1OCc1cc(F)cc(C(=O)O)c1. The molecule has 0 aliphatic rings. The molecule has 0 bridgehead atoms. The molecule has 0 aliphatic carbocycles. The summed E-state index contributed by atoms with van der Waals surface area (Å²) in [5.41, 5.74) is 1.30. The third-order valence-electron chi connectivity index (χ3n) is 2.86. The molecule has 0 saturated carbocycles. The first kappa shape index (κ1) is 14.8. The molecule has 0 aliphatic heterocycles. The lowest BCUT2D eigenvalue weighted by atomic mass is 10.1. The van der Waals surface area contributed by atoms with Crippen molar-refractivity contribution >= 4 is 12.0 Å². The van der Waals surface area contributed by atoms with Gasteiger partial charge in [0.05, 0.1) is 5.56 Å². The topological polar surface area (TPSA) is 46.5 Å². The fraction of sp³-hybridized carbons (Fsp3) is 0.118. The highest BCUT2D eigenvalue weighted by atomic mass is 19.1. The Morgan fingerprint density at radius 3 is 2.76 bits per heavy atom. The highest BCUT2D eigenvalue weighted by Crippen LogP contribution is 2.21. The van der Waals surface area contributed by atoms with Gasteiger partial charge in [0, 0.05) is 5.56 Å². The van der Waals surface area contributed by atoms with Crippen LogP contribution in [0.25, 0.3) is 6.08 Å². The first-order valence-electron chi connectivity index (χ1n) is 6.47. The van der Waals surface area contributed by atoms with Crippen LogP contribution in [0.5, 0.6) is 5.75 Å². The second-order valence-electron chi connectivity index (χ2n) is 4.48. The Morgan fingerprint density at radius 1 is 1.29 bits per heavy atom. The Bertz CT molecular complexity index is 677. The normalized spacial score (nSPS) is 10.8. The molecular formula is C17H15FO3. The van der Waals surface area contributed by atoms with Crippen LogP contribution in [0.15, 0.2) is 48.5 Å². The first-order valence-corrected chi connectivity index (χ1v) is 6.47. The van der Waals surface area contributed by atoms with Crippen LogP contribution in [0.1, 0.15) is 28.4 Å². The van der Waals surface area contributed by atoms with Crippen molar-refractivity contribution in [2.45, 2.75) is 13.5 Å². The van der Waals surface area contributed by atoms with Gasteiger partial charge in [0.2, 0.25) is 0 Å². The third-order valence-corrected chi connectivity index (χ3v) is 2.86. The van der Waals surface area contributed by atoms with Crippen LogP contribution in [-0.4, -0.2) is 11.1 Å². The molecule has 0 saturated heterocycles. The minimum absolute atomic E-state index is 0.0876. The standard InChI is InChI=1S/C17H15FO3/c1-2-5-13-6-3-4-7-16(13)21-11-12-8-14(17(19)20)10-15(18)9-12/h2-10H,11H2,1H3,(H,19,20)/b5-2+. The van der Waals surface area contributed by atoms with Crippen LogP contribution in [-0.2, 0) is 6.61 Å². The molecule has 2 aromatic carbocycles. The van der Waals surface area contributed by atoms with Crippen molar-refractivity contribution in [3.05, 3.63) is 71.0 Å². The summed E-state index contributed by atoms with van der Waals surface area (Å²) in [4.78, 5) is 10.9. The summed E-state index contributed by atoms with van der Waals surface area (Å²) in [6, 6.07) is 11.1. The maximum absolute atomic E-state index is 13.4. The summed E-state index contributed by atoms with van der Waals surface area (Å²) < 4.78 is 19.0. The van der Waals surface area contributed by atoms with Gasteiger partial charge in [-0.2, -0.15) is 0 Å². The lowest BCUT2D eigenvalue weighted by molar-refractivity contribution is 0.0696. The Hall–Kier alpha value is -2.62. The number of allylic oxidation sites excluding steroid dienone is 1. The van der Waals surface area contributed by atoms with Crippen LogP contribution < -0.4 is 4.74 Å². The van der Waals surface area contributed by atoms with E-state index in [-0.39, 0.29) is 12.2 Å². The second-order valence-corrected chi connectivity index (χ2v) is 4.48. The maximum Gasteiger partial charge on any atom is 0.335 e. The Kier molecular flexibility index (Phi) is 4.72. The monoisotopic (exact) mass is 286 g/mol. The number of para-hydroxylation sites is 1. The predicted molar refractivity (Wildman–Crippen MR) is 78.8 cm³/mol. The summed E-state index contributed by atoms with van der Waals surface area (Å²) in [6.45, 7) is 2.01. The average molecular weight is 286 g/mol. The van der Waals surface area contributed by atoms with E-state index in [9.17, 15) is 9.18 Å². The summed E-state index contributed by atoms with van der Waals surface area (Å²) in [6.07, 6.45) is 3.80. The van der Waals surface area contributed by atoms with Gasteiger partial charge in [-0.25, -0.2) is 9.18 Å². The number of carboxylic acids is 1. The van der Waals surface area contributed by atoms with E-state index in [4.69, 9.17) is 9.84 Å². The Morgan fingerprint density at radius 2 is 2.05 bits per heavy atom. The van der Waals surface area contributed by atoms with Crippen molar-refractivity contribution in [1.29, 1.82) is 0 Å². The molecule has 108 valence electrons. The lowest BCUT2D eigenvalue weighted by Gasteiger charge is -2.10. The number of hydrogen-bond acceptors (Lipinski definition) is 2. The number of carboxylic acid groups (broad SMARTS) is 1. The smallest absolute Gasteiger partial charge is 0.335 e. The fourth-order valence-electron chi connectivity index (χ4n) is 1.95. The van der Waals surface area contributed by atoms with Gasteiger partial charge in [0.15, 0.2) is 0 Å². The number of halogens is 1. The van der Waals surface area contributed by atoms with E-state index in [0.717, 1.165) is 11.6 Å². The number of ether oxygens (including phenoxy) is 1. The molecule has 21 heavy (non-hydrogen) atoms. The molecule has 0 radical (unpaired) electrons. The number of carbonyl (C=O) groups is 1. The number of hydrogen-bond donors (Lipinski definition) is 1. The molecule has 2 rings (SSSR count). The minimum atomic E-state index is -1.16. The molecule has 0 atom stereocenters. The number of rotatable bonds is 5. The molecule has 0 heterocycles. The molecule has 4 heteroatoms. The highest BCUT2D eigenvalue weighted by molar-refractivity contribution is 5.87. The molecule has 3 nitrogen and oxygen atoms in total. The van der Waals surface area contributed by atoms with Crippen molar-refractivity contribution in [2.24, 2.45) is 0 Å². The molecule has 0 fully saturated rings. The summed E-state index contributed by atoms with van der Waals surface area (Å²) >= 11 is 0. The summed E-state index contributed by atoms with van der Waals surface area (Å²) in [5, 5.41) is 8.92. The van der Waals surface area contributed by atoms with Crippen LogP contribution in [0.3, 0.4) is 0 Å². The molecule has 0 unspecified atom stereocenters. The van der Waals surface area contributed by atoms with E-state index in [1.54, 1.807) is 0 Å². The van der Waals surface area contributed by atoms with Gasteiger partial charge in [-0.15, -0.1) is 0 Å². The van der Waals surface area contributed by atoms with Gasteiger partial charge in [-0.1, -0.05) is 30.4 Å². The van der Waals surface area contributed by atoms with Gasteiger partial charge < -0.3 is 9.84 Å². The molecule has 0 spiro atoms. The molecule has 0 amide bonds. The van der Waals surface area contributed by atoms with Crippen LogP contribution in [0.4, 0.5) is 4.39 Å². The zero-order valence-corrected chi connectivity index (χ0v) is 11.5. The fourth-order valence-corrected chi connectivity index (χ4v) is 1.95. The van der Waals surface area contributed by atoms with Crippen LogP contribution >= 0.6 is 0 Å². The van der Waals surface area contributed by atoms with Gasteiger partial charge in [0.25, 0.3) is 0 Å². The molecule has 1 N–H and O–H groups in total. The van der Waals surface area contributed by atoms with Crippen molar-refractivity contribution in [2.75, 3.05) is 0 Å². The summed E-state index contributed by atoms with van der Waals surface area (Å²) in [5.74, 6) is -1.09. The second kappa shape index (κ2) is 6.70. The van der Waals surface area contributed by atoms with Crippen molar-refractivity contribution in [3.63, 3.8) is 0 Å². The third kappa shape index (κ3) is 3.92. The highest BCUT2D eigenvalue weighted by Gasteiger charge is 2.08.